The third-order valence-corrected chi connectivity index (χ3v) is 4.50. The highest BCUT2D eigenvalue weighted by atomic mass is 35.5. The van der Waals surface area contributed by atoms with E-state index in [1.807, 2.05) is 0 Å². The van der Waals surface area contributed by atoms with Crippen LogP contribution in [-0.4, -0.2) is 42.8 Å². The van der Waals surface area contributed by atoms with Crippen molar-refractivity contribution in [3.05, 3.63) is 46.5 Å². The van der Waals surface area contributed by atoms with Gasteiger partial charge < -0.3 is 18.8 Å². The van der Waals surface area contributed by atoms with Crippen molar-refractivity contribution in [2.45, 2.75) is 6.18 Å². The predicted octanol–water partition coefficient (Wildman–Crippen LogP) is 4.14. The summed E-state index contributed by atoms with van der Waals surface area (Å²) in [7, 11) is 0. The number of ether oxygens (including phenoxy) is 1. The van der Waals surface area contributed by atoms with Gasteiger partial charge in [-0.1, -0.05) is 28.4 Å². The molecule has 0 saturated carbocycles. The minimum Gasteiger partial charge on any atom is -0.490 e. The first-order valence-electron chi connectivity index (χ1n) is 8.25. The monoisotopic (exact) mass is 459 g/mol. The summed E-state index contributed by atoms with van der Waals surface area (Å²) in [6.07, 6.45) is -1.47. The maximum atomic E-state index is 12.8. The molecule has 3 heterocycles. The largest absolute Gasteiger partial charge is 0.490 e. The van der Waals surface area contributed by atoms with E-state index >= 15 is 0 Å². The van der Waals surface area contributed by atoms with E-state index < -0.39 is 11.9 Å². The van der Waals surface area contributed by atoms with Gasteiger partial charge in [0.1, 0.15) is 18.1 Å². The summed E-state index contributed by atoms with van der Waals surface area (Å²) in [4.78, 5) is 11.7. The van der Waals surface area contributed by atoms with Crippen molar-refractivity contribution in [2.24, 2.45) is 0 Å². The fourth-order valence-corrected chi connectivity index (χ4v) is 3.01. The van der Waals surface area contributed by atoms with Crippen molar-refractivity contribution in [1.29, 1.82) is 0 Å². The number of aromatic nitrogens is 5. The van der Waals surface area contributed by atoms with Crippen molar-refractivity contribution >= 4 is 28.8 Å². The molecule has 0 aliphatic heterocycles. The zero-order valence-electron chi connectivity index (χ0n) is 14.7. The van der Waals surface area contributed by atoms with Gasteiger partial charge in [0.15, 0.2) is 11.3 Å². The Hall–Kier alpha value is -2.89. The molecule has 0 fully saturated rings. The van der Waals surface area contributed by atoms with Gasteiger partial charge in [0.2, 0.25) is 5.82 Å². The summed E-state index contributed by atoms with van der Waals surface area (Å²) < 4.78 is 50.1. The van der Waals surface area contributed by atoms with Gasteiger partial charge in [-0.2, -0.15) is 18.2 Å². The molecule has 156 valence electrons. The van der Waals surface area contributed by atoms with E-state index in [0.29, 0.717) is 5.56 Å². The molecule has 0 atom stereocenters. The van der Waals surface area contributed by atoms with Gasteiger partial charge in [-0.25, -0.2) is 9.97 Å². The molecule has 0 radical (unpaired) electrons. The van der Waals surface area contributed by atoms with Crippen LogP contribution in [0.2, 0.25) is 10.0 Å². The second kappa shape index (κ2) is 7.74. The smallest absolute Gasteiger partial charge is 0.434 e. The lowest BCUT2D eigenvalue weighted by atomic mass is 10.2. The number of halogens is 5. The zero-order chi connectivity index (χ0) is 21.5. The van der Waals surface area contributed by atoms with Crippen LogP contribution < -0.4 is 4.74 Å². The Morgan fingerprint density at radius 2 is 1.93 bits per heavy atom. The van der Waals surface area contributed by atoms with Crippen molar-refractivity contribution in [1.82, 2.24) is 24.5 Å². The number of hydrogen-bond donors (Lipinski definition) is 1. The lowest BCUT2D eigenvalue weighted by Gasteiger charge is -2.08. The number of rotatable bonds is 5. The number of aliphatic hydroxyl groups excluding tert-OH is 1. The molecule has 4 aromatic rings. The van der Waals surface area contributed by atoms with Gasteiger partial charge in [0.05, 0.1) is 22.8 Å². The lowest BCUT2D eigenvalue weighted by Crippen LogP contribution is -2.08. The molecule has 1 N–H and O–H groups in total. The fraction of sp³-hybridized carbons (Fsp3) is 0.176. The van der Waals surface area contributed by atoms with Crippen molar-refractivity contribution in [3.8, 4) is 28.7 Å². The highest BCUT2D eigenvalue weighted by Crippen LogP contribution is 2.36. The standard InChI is InChI=1S/C17H10Cl2F3N5O3/c18-9-4-12(29-2-1-28)10(19)3-8(9)15-25-16(30-26-15)11-6-27-7-13(17(20,21)22)23-5-14(27)24-11/h3-7,28H,1-2H2. The van der Waals surface area contributed by atoms with E-state index in [-0.39, 0.29) is 52.1 Å². The van der Waals surface area contributed by atoms with E-state index in [1.165, 1.54) is 18.3 Å². The fourth-order valence-electron chi connectivity index (χ4n) is 2.55. The van der Waals surface area contributed by atoms with Crippen LogP contribution in [0.5, 0.6) is 5.75 Å². The normalized spacial score (nSPS) is 11.9. The Bertz CT molecular complexity index is 1230. The van der Waals surface area contributed by atoms with E-state index in [2.05, 4.69) is 20.1 Å². The molecule has 0 unspecified atom stereocenters. The average Bonchev–Trinajstić information content (AvgIpc) is 3.33. The Morgan fingerprint density at radius 1 is 1.13 bits per heavy atom. The van der Waals surface area contributed by atoms with Crippen LogP contribution in [0.15, 0.2) is 35.2 Å². The second-order valence-electron chi connectivity index (χ2n) is 5.92. The summed E-state index contributed by atoms with van der Waals surface area (Å²) in [5, 5.41) is 13.1. The van der Waals surface area contributed by atoms with E-state index in [4.69, 9.17) is 37.6 Å². The maximum Gasteiger partial charge on any atom is 0.434 e. The summed E-state index contributed by atoms with van der Waals surface area (Å²) in [6, 6.07) is 2.91. The SMILES string of the molecule is OCCOc1cc(Cl)c(-c2noc(-c3cn4cc(C(F)(F)F)ncc4n3)n2)cc1Cl. The summed E-state index contributed by atoms with van der Waals surface area (Å²) >= 11 is 12.4. The second-order valence-corrected chi connectivity index (χ2v) is 6.73. The molecule has 3 aromatic heterocycles. The van der Waals surface area contributed by atoms with Crippen LogP contribution in [0.1, 0.15) is 5.69 Å². The van der Waals surface area contributed by atoms with Crippen LogP contribution >= 0.6 is 23.2 Å². The van der Waals surface area contributed by atoms with Gasteiger partial charge in [-0.15, -0.1) is 0 Å². The third kappa shape index (κ3) is 3.91. The molecule has 4 rings (SSSR count). The molecule has 0 spiro atoms. The number of hydrogen-bond acceptors (Lipinski definition) is 7. The first-order chi connectivity index (χ1) is 14.3. The molecule has 8 nitrogen and oxygen atoms in total. The Kier molecular flexibility index (Phi) is 5.26. The number of imidazole rings is 1. The predicted molar refractivity (Wildman–Crippen MR) is 99.3 cm³/mol. The van der Waals surface area contributed by atoms with Gasteiger partial charge in [0, 0.05) is 24.0 Å². The number of nitrogens with zero attached hydrogens (tertiary/aromatic N) is 5. The number of alkyl halides is 3. The van der Waals surface area contributed by atoms with E-state index in [9.17, 15) is 13.2 Å². The quantitative estimate of drug-likeness (QED) is 0.478. The Labute approximate surface area is 175 Å². The number of fused-ring (bicyclic) bond motifs is 1. The highest BCUT2D eigenvalue weighted by molar-refractivity contribution is 6.36. The molecular formula is C17H10Cl2F3N5O3. The number of aliphatic hydroxyl groups is 1. The van der Waals surface area contributed by atoms with E-state index in [0.717, 1.165) is 16.8 Å². The van der Waals surface area contributed by atoms with Gasteiger partial charge in [-0.05, 0) is 6.07 Å². The maximum absolute atomic E-state index is 12.8. The lowest BCUT2D eigenvalue weighted by molar-refractivity contribution is -0.141. The minimum atomic E-state index is -4.58. The first kappa shape index (κ1) is 20.4. The zero-order valence-corrected chi connectivity index (χ0v) is 16.2. The van der Waals surface area contributed by atoms with Gasteiger partial charge in [-0.3, -0.25) is 0 Å². The molecule has 0 aliphatic rings. The van der Waals surface area contributed by atoms with Crippen LogP contribution in [0.25, 0.3) is 28.6 Å². The number of benzene rings is 1. The Morgan fingerprint density at radius 3 is 2.67 bits per heavy atom. The van der Waals surface area contributed by atoms with Crippen LogP contribution in [0, 0.1) is 0 Å². The molecule has 13 heteroatoms. The first-order valence-corrected chi connectivity index (χ1v) is 9.01. The third-order valence-electron chi connectivity index (χ3n) is 3.89. The Balaban J connectivity index is 1.67. The molecule has 1 aromatic carbocycles. The van der Waals surface area contributed by atoms with Crippen LogP contribution in [-0.2, 0) is 6.18 Å². The molecule has 0 aliphatic carbocycles. The van der Waals surface area contributed by atoms with Crippen LogP contribution in [0.4, 0.5) is 13.2 Å². The molecular weight excluding hydrogens is 450 g/mol. The van der Waals surface area contributed by atoms with Gasteiger partial charge in [0.25, 0.3) is 5.89 Å². The average molecular weight is 460 g/mol. The molecule has 0 saturated heterocycles. The topological polar surface area (TPSA) is 98.6 Å². The van der Waals surface area contributed by atoms with E-state index in [1.54, 1.807) is 0 Å². The molecule has 0 bridgehead atoms. The van der Waals surface area contributed by atoms with Crippen molar-refractivity contribution in [3.63, 3.8) is 0 Å². The molecule has 0 amide bonds. The van der Waals surface area contributed by atoms with Crippen LogP contribution in [0.3, 0.4) is 0 Å². The van der Waals surface area contributed by atoms with Crippen molar-refractivity contribution < 1.29 is 27.5 Å². The van der Waals surface area contributed by atoms with Crippen molar-refractivity contribution in [2.75, 3.05) is 13.2 Å². The summed E-state index contributed by atoms with van der Waals surface area (Å²) in [5.41, 5.74) is -0.392. The van der Waals surface area contributed by atoms with Gasteiger partial charge >= 0.3 is 6.18 Å². The summed E-state index contributed by atoms with van der Waals surface area (Å²) in [6.45, 7) is -0.149. The summed E-state index contributed by atoms with van der Waals surface area (Å²) in [5.74, 6) is 0.336. The minimum absolute atomic E-state index is 0.0324. The molecule has 30 heavy (non-hydrogen) atoms. The highest BCUT2D eigenvalue weighted by Gasteiger charge is 2.33.